The van der Waals surface area contributed by atoms with Crippen LogP contribution < -0.4 is 0 Å². The Hall–Kier alpha value is -0.790. The Kier molecular flexibility index (Phi) is 1.95. The van der Waals surface area contributed by atoms with Crippen molar-refractivity contribution in [2.75, 3.05) is 0 Å². The first-order valence-corrected chi connectivity index (χ1v) is 3.22. The van der Waals surface area contributed by atoms with Gasteiger partial charge >= 0.3 is 20.6 Å². The van der Waals surface area contributed by atoms with Gasteiger partial charge in [-0.15, -0.1) is 0 Å². The van der Waals surface area contributed by atoms with Crippen molar-refractivity contribution in [2.45, 2.75) is 5.51 Å². The smallest absolute Gasteiger partial charge is 0.469 e. The zero-order valence-corrected chi connectivity index (χ0v) is 5.03. The molecule has 0 aliphatic rings. The second-order valence-electron chi connectivity index (χ2n) is 1.22. The molecule has 0 aromatic rings. The predicted octanol–water partition coefficient (Wildman–Crippen LogP) is 0.599. The molecule has 1 N–H and O–H groups in total. The van der Waals surface area contributed by atoms with E-state index in [0.717, 1.165) is 0 Å². The fraction of sp³-hybridized carbons (Fsp3) is 0.500. The van der Waals surface area contributed by atoms with Gasteiger partial charge in [-0.2, -0.15) is 13.2 Å². The normalized spacial score (nSPS) is 13.1. The Bertz CT molecular complexity index is 236. The highest BCUT2D eigenvalue weighted by atomic mass is 32.2. The molecule has 60 valence electrons. The Morgan fingerprint density at radius 2 is 1.60 bits per heavy atom. The topological polar surface area (TPSA) is 71.4 Å². The molecule has 0 spiro atoms. The molecule has 0 heterocycles. The summed E-state index contributed by atoms with van der Waals surface area (Å²) >= 11 is 0. The monoisotopic (exact) mass is 178 g/mol. The number of hydrogen-bond acceptors (Lipinski definition) is 3. The highest BCUT2D eigenvalue weighted by Gasteiger charge is 2.51. The molecule has 0 aromatic heterocycles. The van der Waals surface area contributed by atoms with Gasteiger partial charge in [0.05, 0.1) is 0 Å². The lowest BCUT2D eigenvalue weighted by molar-refractivity contribution is -0.0428. The largest absolute Gasteiger partial charge is 0.508 e. The maximum absolute atomic E-state index is 11.1. The van der Waals surface area contributed by atoms with E-state index in [4.69, 9.17) is 5.11 Å². The molecule has 0 radical (unpaired) electrons. The van der Waals surface area contributed by atoms with E-state index in [0.29, 0.717) is 0 Å². The van der Waals surface area contributed by atoms with Gasteiger partial charge < -0.3 is 5.11 Å². The maximum atomic E-state index is 11.1. The number of hydrogen-bond donors (Lipinski definition) is 1. The quantitative estimate of drug-likeness (QED) is 0.589. The molecule has 0 rings (SSSR count). The van der Waals surface area contributed by atoms with E-state index in [2.05, 4.69) is 0 Å². The Balaban J connectivity index is 4.98. The van der Waals surface area contributed by atoms with Gasteiger partial charge in [0.25, 0.3) is 0 Å². The molecule has 0 aliphatic heterocycles. The minimum atomic E-state index is -6.00. The second kappa shape index (κ2) is 2.11. The first-order valence-electron chi connectivity index (χ1n) is 1.74. The summed E-state index contributed by atoms with van der Waals surface area (Å²) in [6, 6.07) is 0. The van der Waals surface area contributed by atoms with Crippen molar-refractivity contribution in [3.05, 3.63) is 0 Å². The summed E-state index contributed by atoms with van der Waals surface area (Å²) < 4.78 is 52.6. The van der Waals surface area contributed by atoms with Gasteiger partial charge in [-0.25, -0.2) is 13.2 Å². The van der Waals surface area contributed by atoms with Gasteiger partial charge in [-0.3, -0.25) is 0 Å². The highest BCUT2D eigenvalue weighted by molar-refractivity contribution is 8.06. The third-order valence-electron chi connectivity index (χ3n) is 0.535. The molecule has 8 heteroatoms. The van der Waals surface area contributed by atoms with Crippen LogP contribution in [-0.4, -0.2) is 24.3 Å². The summed E-state index contributed by atoms with van der Waals surface area (Å²) in [5.41, 5.74) is -5.71. The summed E-state index contributed by atoms with van der Waals surface area (Å²) in [5, 5.41) is 4.58. The molecular formula is C2HF3O4S. The van der Waals surface area contributed by atoms with Gasteiger partial charge in [0.15, 0.2) is 0 Å². The van der Waals surface area contributed by atoms with E-state index in [1.54, 1.807) is 0 Å². The Morgan fingerprint density at radius 1 is 1.30 bits per heavy atom. The molecule has 0 bridgehead atoms. The third kappa shape index (κ3) is 1.38. The van der Waals surface area contributed by atoms with Crippen molar-refractivity contribution in [3.8, 4) is 0 Å². The van der Waals surface area contributed by atoms with Crippen LogP contribution in [0.1, 0.15) is 0 Å². The van der Waals surface area contributed by atoms with Crippen molar-refractivity contribution < 1.29 is 31.5 Å². The van der Waals surface area contributed by atoms with Gasteiger partial charge in [-0.1, -0.05) is 0 Å². The van der Waals surface area contributed by atoms with Crippen LogP contribution in [0.3, 0.4) is 0 Å². The number of halogens is 3. The van der Waals surface area contributed by atoms with Gasteiger partial charge in [0, 0.05) is 0 Å². The zero-order chi connectivity index (χ0) is 8.58. The molecule has 0 saturated carbocycles. The van der Waals surface area contributed by atoms with Crippen molar-refractivity contribution in [1.82, 2.24) is 0 Å². The van der Waals surface area contributed by atoms with Crippen LogP contribution >= 0.6 is 0 Å². The van der Waals surface area contributed by atoms with Crippen molar-refractivity contribution >= 4 is 15.1 Å². The standard InChI is InChI=1S/C2HF3O4S/c3-2(4,5)10(8,9)1(6)7/h(H,6,7). The lowest BCUT2D eigenvalue weighted by Gasteiger charge is -2.00. The average Bonchev–Trinajstić information content (AvgIpc) is 1.62. The summed E-state index contributed by atoms with van der Waals surface area (Å²) in [5.74, 6) is 0. The van der Waals surface area contributed by atoms with Crippen LogP contribution in [0.15, 0.2) is 0 Å². The van der Waals surface area contributed by atoms with Crippen LogP contribution in [0.25, 0.3) is 0 Å². The maximum Gasteiger partial charge on any atom is 0.508 e. The summed E-state index contributed by atoms with van der Waals surface area (Å²) in [4.78, 5) is 9.36. The molecule has 0 aromatic carbocycles. The Labute approximate surface area is 53.2 Å². The summed E-state index contributed by atoms with van der Waals surface area (Å²) in [6.07, 6.45) is 0. The van der Waals surface area contributed by atoms with Crippen LogP contribution in [0.2, 0.25) is 0 Å². The molecule has 0 amide bonds. The SMILES string of the molecule is O=C(O)S(=O)(=O)C(F)(F)F. The minimum absolute atomic E-state index is 2.89. The van der Waals surface area contributed by atoms with Crippen molar-refractivity contribution in [2.24, 2.45) is 0 Å². The molecule has 0 aliphatic carbocycles. The van der Waals surface area contributed by atoms with Gasteiger partial charge in [0.1, 0.15) is 0 Å². The van der Waals surface area contributed by atoms with E-state index in [1.165, 1.54) is 0 Å². The molecule has 0 unspecified atom stereocenters. The lowest BCUT2D eigenvalue weighted by Crippen LogP contribution is -2.29. The number of carboxylic acid groups (broad SMARTS) is 1. The Morgan fingerprint density at radius 3 is 1.60 bits per heavy atom. The molecule has 4 nitrogen and oxygen atoms in total. The third-order valence-corrected chi connectivity index (χ3v) is 1.60. The van der Waals surface area contributed by atoms with Crippen molar-refractivity contribution in [1.29, 1.82) is 0 Å². The number of carbonyl (C=O) groups is 1. The molecule has 0 saturated heterocycles. The number of rotatable bonds is 0. The highest BCUT2D eigenvalue weighted by Crippen LogP contribution is 2.23. The summed E-state index contributed by atoms with van der Waals surface area (Å²) in [7, 11) is -6.00. The number of sulfone groups is 1. The molecule has 0 fully saturated rings. The summed E-state index contributed by atoms with van der Waals surface area (Å²) in [6.45, 7) is 0. The predicted molar refractivity (Wildman–Crippen MR) is 23.0 cm³/mol. The molecule has 10 heavy (non-hydrogen) atoms. The average molecular weight is 178 g/mol. The van der Waals surface area contributed by atoms with E-state index >= 15 is 0 Å². The molecular weight excluding hydrogens is 177 g/mol. The fourth-order valence-corrected chi connectivity index (χ4v) is 0.297. The lowest BCUT2D eigenvalue weighted by atomic mass is 11.5. The minimum Gasteiger partial charge on any atom is -0.469 e. The van der Waals surface area contributed by atoms with Crippen LogP contribution in [0, 0.1) is 0 Å². The van der Waals surface area contributed by atoms with Crippen LogP contribution in [0.4, 0.5) is 18.0 Å². The van der Waals surface area contributed by atoms with Gasteiger partial charge in [-0.05, 0) is 0 Å². The van der Waals surface area contributed by atoms with Crippen molar-refractivity contribution in [3.63, 3.8) is 0 Å². The number of alkyl halides is 3. The first-order chi connectivity index (χ1) is 4.19. The fourth-order valence-electron chi connectivity index (χ4n) is 0.0990. The van der Waals surface area contributed by atoms with E-state index < -0.39 is 20.6 Å². The molecule has 0 atom stereocenters. The zero-order valence-electron chi connectivity index (χ0n) is 4.21. The first kappa shape index (κ1) is 9.21. The second-order valence-corrected chi connectivity index (χ2v) is 3.03. The van der Waals surface area contributed by atoms with E-state index in [1.807, 2.05) is 0 Å². The van der Waals surface area contributed by atoms with Crippen LogP contribution in [0.5, 0.6) is 0 Å². The van der Waals surface area contributed by atoms with E-state index in [-0.39, 0.29) is 0 Å². The van der Waals surface area contributed by atoms with Crippen LogP contribution in [-0.2, 0) is 9.84 Å². The van der Waals surface area contributed by atoms with Gasteiger partial charge in [0.2, 0.25) is 0 Å². The van der Waals surface area contributed by atoms with E-state index in [9.17, 15) is 26.4 Å².